The maximum absolute atomic E-state index is 12.7. The molecule has 0 radical (unpaired) electrons. The number of nitrogens with two attached hydrogens (primary N) is 1. The maximum atomic E-state index is 12.7. The average Bonchev–Trinajstić information content (AvgIpc) is 2.38. The molecule has 0 bridgehead atoms. The molecule has 7 heteroatoms. The number of hydrogen-bond donors (Lipinski definition) is 1. The Labute approximate surface area is 119 Å². The van der Waals surface area contributed by atoms with Crippen molar-refractivity contribution < 1.29 is 17.9 Å². The van der Waals surface area contributed by atoms with Crippen LogP contribution < -0.4 is 10.5 Å². The van der Waals surface area contributed by atoms with Gasteiger partial charge in [0.15, 0.2) is 5.69 Å². The van der Waals surface area contributed by atoms with Gasteiger partial charge in [0, 0.05) is 6.07 Å². The summed E-state index contributed by atoms with van der Waals surface area (Å²) in [7, 11) is 0. The summed E-state index contributed by atoms with van der Waals surface area (Å²) >= 11 is 0. The molecule has 0 amide bonds. The number of halogens is 3. The summed E-state index contributed by atoms with van der Waals surface area (Å²) < 4.78 is 43.6. The molecule has 0 aliphatic heterocycles. The molecule has 4 nitrogen and oxygen atoms in total. The van der Waals surface area contributed by atoms with Crippen LogP contribution in [0.25, 0.3) is 0 Å². The van der Waals surface area contributed by atoms with Crippen LogP contribution in [0.1, 0.15) is 22.4 Å². The molecule has 112 valence electrons. The molecule has 1 heterocycles. The molecule has 1 aromatic carbocycles. The van der Waals surface area contributed by atoms with E-state index in [0.717, 1.165) is 22.8 Å². The van der Waals surface area contributed by atoms with Gasteiger partial charge in [-0.25, -0.2) is 4.98 Å². The number of rotatable bonds is 2. The monoisotopic (exact) mass is 297 g/mol. The minimum atomic E-state index is -4.61. The number of aromatic nitrogens is 2. The lowest BCUT2D eigenvalue weighted by molar-refractivity contribution is -0.141. The molecule has 0 unspecified atom stereocenters. The van der Waals surface area contributed by atoms with Crippen LogP contribution in [0.2, 0.25) is 0 Å². The second-order valence-corrected chi connectivity index (χ2v) is 4.70. The van der Waals surface area contributed by atoms with Gasteiger partial charge in [0.1, 0.15) is 5.75 Å². The summed E-state index contributed by atoms with van der Waals surface area (Å²) in [5.74, 6) is -0.240. The standard InChI is InChI=1S/C14H14F3N3O/c1-7-4-5-8(2)12(9(7)3)21-11-6-10(14(15,16)17)19-13(18)20-11/h4-6H,1-3H3,(H2,18,19,20). The Kier molecular flexibility index (Phi) is 3.76. The number of alkyl halides is 3. The molecular formula is C14H14F3N3O. The Morgan fingerprint density at radius 1 is 1.05 bits per heavy atom. The fourth-order valence-corrected chi connectivity index (χ4v) is 1.83. The van der Waals surface area contributed by atoms with Gasteiger partial charge < -0.3 is 10.5 Å². The molecule has 21 heavy (non-hydrogen) atoms. The van der Waals surface area contributed by atoms with E-state index in [-0.39, 0.29) is 5.88 Å². The zero-order valence-corrected chi connectivity index (χ0v) is 11.7. The van der Waals surface area contributed by atoms with Crippen molar-refractivity contribution in [2.75, 3.05) is 5.73 Å². The fourth-order valence-electron chi connectivity index (χ4n) is 1.83. The summed E-state index contributed by atoms with van der Waals surface area (Å²) in [6, 6.07) is 4.47. The van der Waals surface area contributed by atoms with E-state index < -0.39 is 17.8 Å². The van der Waals surface area contributed by atoms with Gasteiger partial charge in [0.2, 0.25) is 11.8 Å². The molecule has 2 N–H and O–H groups in total. The van der Waals surface area contributed by atoms with Gasteiger partial charge in [-0.3, -0.25) is 0 Å². The van der Waals surface area contributed by atoms with E-state index in [0.29, 0.717) is 5.75 Å². The lowest BCUT2D eigenvalue weighted by Crippen LogP contribution is -2.11. The van der Waals surface area contributed by atoms with Gasteiger partial charge in [-0.05, 0) is 37.5 Å². The summed E-state index contributed by atoms with van der Waals surface area (Å²) in [6.07, 6.45) is -4.61. The molecule has 2 aromatic rings. The molecule has 0 spiro atoms. The second kappa shape index (κ2) is 5.23. The SMILES string of the molecule is Cc1ccc(C)c(Oc2cc(C(F)(F)F)nc(N)n2)c1C. The van der Waals surface area contributed by atoms with Crippen LogP contribution in [0.4, 0.5) is 19.1 Å². The van der Waals surface area contributed by atoms with Crippen LogP contribution in [0.5, 0.6) is 11.6 Å². The Balaban J connectivity index is 2.46. The minimum Gasteiger partial charge on any atom is -0.438 e. The van der Waals surface area contributed by atoms with Crippen LogP contribution in [0.3, 0.4) is 0 Å². The molecule has 1 aromatic heterocycles. The lowest BCUT2D eigenvalue weighted by Gasteiger charge is -2.14. The van der Waals surface area contributed by atoms with Crippen molar-refractivity contribution in [2.45, 2.75) is 26.9 Å². The summed E-state index contributed by atoms with van der Waals surface area (Å²) in [6.45, 7) is 5.51. The minimum absolute atomic E-state index is 0.230. The normalized spacial score (nSPS) is 11.5. The summed E-state index contributed by atoms with van der Waals surface area (Å²) in [4.78, 5) is 6.87. The van der Waals surface area contributed by atoms with Gasteiger partial charge in [0.05, 0.1) is 0 Å². The molecule has 0 atom stereocenters. The van der Waals surface area contributed by atoms with E-state index in [1.165, 1.54) is 0 Å². The molecule has 0 aliphatic rings. The van der Waals surface area contributed by atoms with E-state index in [4.69, 9.17) is 10.5 Å². The van der Waals surface area contributed by atoms with Gasteiger partial charge in [0.25, 0.3) is 0 Å². The van der Waals surface area contributed by atoms with E-state index in [2.05, 4.69) is 9.97 Å². The molecule has 0 saturated heterocycles. The lowest BCUT2D eigenvalue weighted by atomic mass is 10.1. The van der Waals surface area contributed by atoms with Crippen molar-refractivity contribution in [1.29, 1.82) is 0 Å². The quantitative estimate of drug-likeness (QED) is 0.916. The molecule has 0 fully saturated rings. The average molecular weight is 297 g/mol. The van der Waals surface area contributed by atoms with Crippen LogP contribution in [0.15, 0.2) is 18.2 Å². The molecule has 0 saturated carbocycles. The topological polar surface area (TPSA) is 61.0 Å². The molecule has 2 rings (SSSR count). The van der Waals surface area contributed by atoms with E-state index in [9.17, 15) is 13.2 Å². The van der Waals surface area contributed by atoms with Crippen LogP contribution in [0, 0.1) is 20.8 Å². The summed E-state index contributed by atoms with van der Waals surface area (Å²) in [5, 5.41) is 0. The predicted molar refractivity (Wildman–Crippen MR) is 72.2 cm³/mol. The Hall–Kier alpha value is -2.31. The summed E-state index contributed by atoms with van der Waals surface area (Å²) in [5.41, 5.74) is 6.78. The van der Waals surface area contributed by atoms with Crippen molar-refractivity contribution in [1.82, 2.24) is 9.97 Å². The third-order valence-electron chi connectivity index (χ3n) is 3.09. The number of hydrogen-bond acceptors (Lipinski definition) is 4. The highest BCUT2D eigenvalue weighted by Gasteiger charge is 2.34. The van der Waals surface area contributed by atoms with Gasteiger partial charge >= 0.3 is 6.18 Å². The zero-order valence-electron chi connectivity index (χ0n) is 11.7. The first-order valence-electron chi connectivity index (χ1n) is 6.15. The van der Waals surface area contributed by atoms with Gasteiger partial charge in [-0.1, -0.05) is 12.1 Å². The Morgan fingerprint density at radius 2 is 1.67 bits per heavy atom. The maximum Gasteiger partial charge on any atom is 0.433 e. The van der Waals surface area contributed by atoms with E-state index >= 15 is 0 Å². The van der Waals surface area contributed by atoms with Crippen molar-refractivity contribution in [3.8, 4) is 11.6 Å². The molecular weight excluding hydrogens is 283 g/mol. The number of benzene rings is 1. The first kappa shape index (κ1) is 15.1. The van der Waals surface area contributed by atoms with Gasteiger partial charge in [-0.15, -0.1) is 0 Å². The van der Waals surface area contributed by atoms with Crippen molar-refractivity contribution in [3.63, 3.8) is 0 Å². The van der Waals surface area contributed by atoms with Crippen molar-refractivity contribution in [3.05, 3.63) is 40.6 Å². The smallest absolute Gasteiger partial charge is 0.433 e. The third-order valence-corrected chi connectivity index (χ3v) is 3.09. The largest absolute Gasteiger partial charge is 0.438 e. The number of nitrogen functional groups attached to an aromatic ring is 1. The number of aryl methyl sites for hydroxylation is 2. The van der Waals surface area contributed by atoms with E-state index in [1.807, 2.05) is 26.0 Å². The van der Waals surface area contributed by atoms with Crippen molar-refractivity contribution >= 4 is 5.95 Å². The predicted octanol–water partition coefficient (Wildman–Crippen LogP) is 3.80. The van der Waals surface area contributed by atoms with Crippen LogP contribution in [-0.2, 0) is 6.18 Å². The Morgan fingerprint density at radius 3 is 2.29 bits per heavy atom. The first-order chi connectivity index (χ1) is 9.68. The third kappa shape index (κ3) is 3.24. The van der Waals surface area contributed by atoms with E-state index in [1.54, 1.807) is 6.92 Å². The highest BCUT2D eigenvalue weighted by Crippen LogP contribution is 2.33. The zero-order chi connectivity index (χ0) is 15.8. The first-order valence-corrected chi connectivity index (χ1v) is 6.15. The van der Waals surface area contributed by atoms with Crippen molar-refractivity contribution in [2.24, 2.45) is 0 Å². The fraction of sp³-hybridized carbons (Fsp3) is 0.286. The highest BCUT2D eigenvalue weighted by molar-refractivity contribution is 5.46. The number of nitrogens with zero attached hydrogens (tertiary/aromatic N) is 2. The van der Waals surface area contributed by atoms with Crippen LogP contribution >= 0.6 is 0 Å². The molecule has 0 aliphatic carbocycles. The number of ether oxygens (including phenoxy) is 1. The Bertz CT molecular complexity index is 684. The number of anilines is 1. The van der Waals surface area contributed by atoms with Gasteiger partial charge in [-0.2, -0.15) is 18.2 Å². The highest BCUT2D eigenvalue weighted by atomic mass is 19.4. The van der Waals surface area contributed by atoms with Crippen LogP contribution in [-0.4, -0.2) is 9.97 Å². The second-order valence-electron chi connectivity index (χ2n) is 4.70.